The summed E-state index contributed by atoms with van der Waals surface area (Å²) < 4.78 is 4.53. The van der Waals surface area contributed by atoms with Crippen LogP contribution in [0.25, 0.3) is 0 Å². The number of nitrogens with zero attached hydrogens (tertiary/aromatic N) is 1. The Kier molecular flexibility index (Phi) is 3.02. The standard InChI is InChI=1S/C7H11N3O2/c1-12-7(11)6-4-9-3-5(2-8)10-6/h5-6,9-10H,3-4H2,1H3/t5-,6-/m1/s1. The van der Waals surface area contributed by atoms with E-state index in [0.29, 0.717) is 13.1 Å². The van der Waals surface area contributed by atoms with E-state index in [2.05, 4.69) is 15.4 Å². The van der Waals surface area contributed by atoms with E-state index in [-0.39, 0.29) is 12.0 Å². The molecule has 0 aromatic carbocycles. The van der Waals surface area contributed by atoms with Gasteiger partial charge in [-0.2, -0.15) is 5.26 Å². The van der Waals surface area contributed by atoms with Gasteiger partial charge in [0, 0.05) is 13.1 Å². The van der Waals surface area contributed by atoms with E-state index in [1.54, 1.807) is 0 Å². The molecule has 0 bridgehead atoms. The molecule has 2 N–H and O–H groups in total. The van der Waals surface area contributed by atoms with Gasteiger partial charge < -0.3 is 10.1 Å². The summed E-state index contributed by atoms with van der Waals surface area (Å²) in [7, 11) is 1.33. The van der Waals surface area contributed by atoms with E-state index < -0.39 is 6.04 Å². The molecule has 0 aromatic heterocycles. The smallest absolute Gasteiger partial charge is 0.324 e. The van der Waals surface area contributed by atoms with Crippen molar-refractivity contribution in [2.45, 2.75) is 12.1 Å². The summed E-state index contributed by atoms with van der Waals surface area (Å²) in [6, 6.07) is 1.33. The Labute approximate surface area is 70.7 Å². The largest absolute Gasteiger partial charge is 0.468 e. The molecule has 0 spiro atoms. The number of nitriles is 1. The van der Waals surface area contributed by atoms with Crippen molar-refractivity contribution in [1.29, 1.82) is 5.26 Å². The number of esters is 1. The first kappa shape index (κ1) is 8.97. The second-order valence-corrected chi connectivity index (χ2v) is 2.58. The third kappa shape index (κ3) is 1.94. The van der Waals surface area contributed by atoms with Gasteiger partial charge in [0.15, 0.2) is 0 Å². The third-order valence-electron chi connectivity index (χ3n) is 1.74. The van der Waals surface area contributed by atoms with Gasteiger partial charge in [-0.15, -0.1) is 0 Å². The molecule has 1 aliphatic rings. The minimum absolute atomic E-state index is 0.303. The maximum atomic E-state index is 11.0. The molecule has 0 amide bonds. The van der Waals surface area contributed by atoms with Gasteiger partial charge in [-0.1, -0.05) is 0 Å². The van der Waals surface area contributed by atoms with Crippen LogP contribution >= 0.6 is 0 Å². The lowest BCUT2D eigenvalue weighted by Crippen LogP contribution is -2.57. The van der Waals surface area contributed by atoms with Crippen molar-refractivity contribution in [2.24, 2.45) is 0 Å². The fourth-order valence-corrected chi connectivity index (χ4v) is 1.11. The SMILES string of the molecule is COC(=O)[C@H]1CNC[C@@H](C#N)N1. The van der Waals surface area contributed by atoms with Crippen molar-refractivity contribution >= 4 is 5.97 Å². The van der Waals surface area contributed by atoms with Crippen molar-refractivity contribution in [2.75, 3.05) is 20.2 Å². The summed E-state index contributed by atoms with van der Waals surface area (Å²) in [5.41, 5.74) is 0. The number of rotatable bonds is 1. The Morgan fingerprint density at radius 1 is 1.67 bits per heavy atom. The van der Waals surface area contributed by atoms with Gasteiger partial charge in [-0.25, -0.2) is 0 Å². The summed E-state index contributed by atoms with van der Waals surface area (Å²) in [5, 5.41) is 14.4. The van der Waals surface area contributed by atoms with E-state index in [0.717, 1.165) is 0 Å². The summed E-state index contributed by atoms with van der Waals surface area (Å²) in [4.78, 5) is 11.0. The highest BCUT2D eigenvalue weighted by Gasteiger charge is 2.26. The average molecular weight is 169 g/mol. The predicted octanol–water partition coefficient (Wildman–Crippen LogP) is -1.39. The lowest BCUT2D eigenvalue weighted by molar-refractivity contribution is -0.143. The highest BCUT2D eigenvalue weighted by atomic mass is 16.5. The number of carbonyl (C=O) groups is 1. The van der Waals surface area contributed by atoms with E-state index in [1.807, 2.05) is 6.07 Å². The molecule has 1 fully saturated rings. The molecule has 0 aromatic rings. The summed E-state index contributed by atoms with van der Waals surface area (Å²) in [6.07, 6.45) is 0. The molecule has 1 aliphatic heterocycles. The molecule has 2 atom stereocenters. The molecule has 0 unspecified atom stereocenters. The fraction of sp³-hybridized carbons (Fsp3) is 0.714. The van der Waals surface area contributed by atoms with Gasteiger partial charge in [0.1, 0.15) is 12.1 Å². The van der Waals surface area contributed by atoms with Crippen molar-refractivity contribution in [3.05, 3.63) is 0 Å². The third-order valence-corrected chi connectivity index (χ3v) is 1.74. The van der Waals surface area contributed by atoms with Crippen molar-refractivity contribution in [1.82, 2.24) is 10.6 Å². The van der Waals surface area contributed by atoms with E-state index in [4.69, 9.17) is 5.26 Å². The molecule has 1 rings (SSSR count). The maximum Gasteiger partial charge on any atom is 0.324 e. The highest BCUT2D eigenvalue weighted by Crippen LogP contribution is 1.95. The minimum atomic E-state index is -0.395. The first-order chi connectivity index (χ1) is 5.77. The second-order valence-electron chi connectivity index (χ2n) is 2.58. The van der Waals surface area contributed by atoms with Crippen LogP contribution < -0.4 is 10.6 Å². The first-order valence-corrected chi connectivity index (χ1v) is 3.72. The summed E-state index contributed by atoms with van der Waals surface area (Å²) in [5.74, 6) is -0.331. The van der Waals surface area contributed by atoms with Gasteiger partial charge in [0.25, 0.3) is 0 Å². The van der Waals surface area contributed by atoms with Gasteiger partial charge in [0.2, 0.25) is 0 Å². The van der Waals surface area contributed by atoms with Crippen molar-refractivity contribution < 1.29 is 9.53 Å². The van der Waals surface area contributed by atoms with Crippen LogP contribution in [0.1, 0.15) is 0 Å². The quantitative estimate of drug-likeness (QED) is 0.473. The Morgan fingerprint density at radius 2 is 2.42 bits per heavy atom. The topological polar surface area (TPSA) is 74.1 Å². The summed E-state index contributed by atoms with van der Waals surface area (Å²) >= 11 is 0. The fourth-order valence-electron chi connectivity index (χ4n) is 1.11. The molecule has 1 saturated heterocycles. The Bertz CT molecular complexity index is 211. The van der Waals surface area contributed by atoms with Crippen molar-refractivity contribution in [3.63, 3.8) is 0 Å². The van der Waals surface area contributed by atoms with Gasteiger partial charge >= 0.3 is 5.97 Å². The molecular weight excluding hydrogens is 158 g/mol. The summed E-state index contributed by atoms with van der Waals surface area (Å²) in [6.45, 7) is 1.09. The highest BCUT2D eigenvalue weighted by molar-refractivity contribution is 5.76. The Balaban J connectivity index is 2.47. The van der Waals surface area contributed by atoms with E-state index in [1.165, 1.54) is 7.11 Å². The number of methoxy groups -OCH3 is 1. The molecule has 5 nitrogen and oxygen atoms in total. The number of hydrogen-bond acceptors (Lipinski definition) is 5. The van der Waals surface area contributed by atoms with E-state index in [9.17, 15) is 4.79 Å². The normalized spacial score (nSPS) is 29.0. The molecule has 1 heterocycles. The molecule has 12 heavy (non-hydrogen) atoms. The van der Waals surface area contributed by atoms with Crippen LogP contribution in [0.15, 0.2) is 0 Å². The monoisotopic (exact) mass is 169 g/mol. The van der Waals surface area contributed by atoms with Crippen LogP contribution in [0.4, 0.5) is 0 Å². The van der Waals surface area contributed by atoms with Crippen LogP contribution in [-0.2, 0) is 9.53 Å². The van der Waals surface area contributed by atoms with E-state index >= 15 is 0 Å². The molecule has 66 valence electrons. The molecule has 0 radical (unpaired) electrons. The number of ether oxygens (including phenoxy) is 1. The Morgan fingerprint density at radius 3 is 3.00 bits per heavy atom. The zero-order valence-corrected chi connectivity index (χ0v) is 6.83. The van der Waals surface area contributed by atoms with Crippen LogP contribution in [-0.4, -0.2) is 38.3 Å². The Hall–Kier alpha value is -1.12. The molecule has 0 saturated carbocycles. The van der Waals surface area contributed by atoms with Gasteiger partial charge in [-0.3, -0.25) is 10.1 Å². The zero-order chi connectivity index (χ0) is 8.97. The predicted molar refractivity (Wildman–Crippen MR) is 41.2 cm³/mol. The van der Waals surface area contributed by atoms with Crippen LogP contribution in [0.3, 0.4) is 0 Å². The second kappa shape index (κ2) is 4.04. The maximum absolute atomic E-state index is 11.0. The molecule has 5 heteroatoms. The zero-order valence-electron chi connectivity index (χ0n) is 6.83. The average Bonchev–Trinajstić information content (AvgIpc) is 2.17. The number of nitrogens with one attached hydrogen (secondary N) is 2. The lowest BCUT2D eigenvalue weighted by atomic mass is 10.2. The number of piperazine rings is 1. The molecular formula is C7H11N3O2. The van der Waals surface area contributed by atoms with Crippen LogP contribution in [0, 0.1) is 11.3 Å². The van der Waals surface area contributed by atoms with Gasteiger partial charge in [0.05, 0.1) is 13.2 Å². The number of carbonyl (C=O) groups excluding carboxylic acids is 1. The minimum Gasteiger partial charge on any atom is -0.468 e. The number of hydrogen-bond donors (Lipinski definition) is 2. The first-order valence-electron chi connectivity index (χ1n) is 3.72. The van der Waals surface area contributed by atoms with Crippen molar-refractivity contribution in [3.8, 4) is 6.07 Å². The van der Waals surface area contributed by atoms with Gasteiger partial charge in [-0.05, 0) is 0 Å². The lowest BCUT2D eigenvalue weighted by Gasteiger charge is -2.25. The van der Waals surface area contributed by atoms with Crippen LogP contribution in [0.2, 0.25) is 0 Å². The molecule has 0 aliphatic carbocycles. The van der Waals surface area contributed by atoms with Crippen LogP contribution in [0.5, 0.6) is 0 Å².